The van der Waals surface area contributed by atoms with Crippen molar-refractivity contribution in [1.29, 1.82) is 0 Å². The summed E-state index contributed by atoms with van der Waals surface area (Å²) < 4.78 is 41.6. The van der Waals surface area contributed by atoms with Crippen LogP contribution in [-0.2, 0) is 4.84 Å². The second kappa shape index (κ2) is 13.3. The van der Waals surface area contributed by atoms with Gasteiger partial charge in [0.2, 0.25) is 5.88 Å². The molecular weight excluding hydrogens is 471 g/mol. The van der Waals surface area contributed by atoms with E-state index in [0.29, 0.717) is 16.5 Å². The van der Waals surface area contributed by atoms with E-state index in [4.69, 9.17) is 16.4 Å². The molecule has 1 aliphatic carbocycles. The number of hydrogen-bond acceptors (Lipinski definition) is 6. The van der Waals surface area contributed by atoms with Gasteiger partial charge in [-0.05, 0) is 49.4 Å². The molecule has 1 heterocycles. The third kappa shape index (κ3) is 8.93. The zero-order valence-corrected chi connectivity index (χ0v) is 20.2. The van der Waals surface area contributed by atoms with Crippen molar-refractivity contribution >= 4 is 23.1 Å². The molecule has 0 saturated heterocycles. The van der Waals surface area contributed by atoms with Crippen molar-refractivity contribution in [2.24, 2.45) is 11.1 Å². The van der Waals surface area contributed by atoms with Gasteiger partial charge in [0.1, 0.15) is 12.8 Å². The van der Waals surface area contributed by atoms with Crippen molar-refractivity contribution < 1.29 is 27.5 Å². The molecule has 1 saturated carbocycles. The van der Waals surface area contributed by atoms with Gasteiger partial charge in [-0.15, -0.1) is 10.2 Å². The fourth-order valence-corrected chi connectivity index (χ4v) is 3.74. The lowest BCUT2D eigenvalue weighted by Crippen LogP contribution is -2.20. The Labute approximate surface area is 202 Å². The molecule has 1 aliphatic rings. The average Bonchev–Trinajstić information content (AvgIpc) is 2.80. The van der Waals surface area contributed by atoms with Crippen LogP contribution < -0.4 is 4.74 Å². The van der Waals surface area contributed by atoms with E-state index in [-0.39, 0.29) is 22.9 Å². The highest BCUT2D eigenvalue weighted by Crippen LogP contribution is 2.30. The third-order valence-corrected chi connectivity index (χ3v) is 5.45. The van der Waals surface area contributed by atoms with Crippen molar-refractivity contribution in [3.05, 3.63) is 41.0 Å². The number of oxime groups is 1. The van der Waals surface area contributed by atoms with Crippen LogP contribution in [0.1, 0.15) is 62.9 Å². The van der Waals surface area contributed by atoms with Gasteiger partial charge in [-0.1, -0.05) is 48.7 Å². The lowest BCUT2D eigenvalue weighted by Gasteiger charge is -2.22. The molecule has 0 bridgehead atoms. The molecule has 0 spiro atoms. The summed E-state index contributed by atoms with van der Waals surface area (Å²) in [4.78, 5) is 16.2. The first-order chi connectivity index (χ1) is 16.1. The Kier molecular flexibility index (Phi) is 10.8. The zero-order chi connectivity index (χ0) is 25.1. The average molecular weight is 500 g/mol. The number of alkyl halides is 3. The first-order valence-electron chi connectivity index (χ1n) is 11.1. The molecule has 6 nitrogen and oxygen atoms in total. The lowest BCUT2D eigenvalue weighted by molar-refractivity contribution is -0.154. The van der Waals surface area contributed by atoms with Gasteiger partial charge in [0.05, 0.1) is 5.71 Å². The molecule has 10 heteroatoms. The number of halogens is 4. The molecule has 0 radical (unpaired) electrons. The number of hydrogen-bond donors (Lipinski definition) is 0. The lowest BCUT2D eigenvalue weighted by atomic mass is 9.84. The predicted molar refractivity (Wildman–Crippen MR) is 125 cm³/mol. The maximum Gasteiger partial charge on any atom is 0.422 e. The highest BCUT2D eigenvalue weighted by molar-refractivity contribution is 6.30. The first kappa shape index (κ1) is 27.6. The van der Waals surface area contributed by atoms with Crippen LogP contribution >= 0.6 is 11.6 Å². The van der Waals surface area contributed by atoms with E-state index in [2.05, 4.69) is 27.0 Å². The number of aromatic nitrogens is 2. The SMILES string of the molecule is CC(=O)c1cc(-c2ccc(Cl)cc2)c(OCC(F)(F)F)nn1.CCCC1CCCC/C1=N\OC. The predicted octanol–water partition coefficient (Wildman–Crippen LogP) is 6.92. The summed E-state index contributed by atoms with van der Waals surface area (Å²) in [6.07, 6.45) is 3.16. The van der Waals surface area contributed by atoms with E-state index < -0.39 is 12.8 Å². The van der Waals surface area contributed by atoms with Crippen molar-refractivity contribution in [3.63, 3.8) is 0 Å². The van der Waals surface area contributed by atoms with Crippen LogP contribution in [0.4, 0.5) is 13.2 Å². The normalized spacial score (nSPS) is 17.0. The number of nitrogens with zero attached hydrogens (tertiary/aromatic N) is 3. The van der Waals surface area contributed by atoms with Gasteiger partial charge in [-0.3, -0.25) is 4.79 Å². The Hall–Kier alpha value is -2.68. The molecule has 0 N–H and O–H groups in total. The molecule has 1 unspecified atom stereocenters. The standard InChI is InChI=1S/C14H10ClF3N2O2.C10H19NO/c1-8(21)12-6-11(9-2-4-10(15)5-3-9)13(20-19-12)22-7-14(16,17)18;1-3-6-9-7-4-5-8-10(9)11-12-2/h2-6H,7H2,1H3;9H,3-8H2,1-2H3/b;11-10+. The maximum absolute atomic E-state index is 12.3. The molecule has 0 aliphatic heterocycles. The van der Waals surface area contributed by atoms with E-state index in [1.54, 1.807) is 31.4 Å². The minimum absolute atomic E-state index is 0.0318. The summed E-state index contributed by atoms with van der Waals surface area (Å²) in [6, 6.07) is 7.65. The van der Waals surface area contributed by atoms with E-state index in [9.17, 15) is 18.0 Å². The van der Waals surface area contributed by atoms with Gasteiger partial charge < -0.3 is 9.57 Å². The Morgan fingerprint density at radius 2 is 1.91 bits per heavy atom. The number of carbonyl (C=O) groups excluding carboxylic acids is 1. The Balaban J connectivity index is 0.000000287. The summed E-state index contributed by atoms with van der Waals surface area (Å²) >= 11 is 5.78. The molecular formula is C24H29ClF3N3O3. The largest absolute Gasteiger partial charge is 0.467 e. The Morgan fingerprint density at radius 1 is 1.21 bits per heavy atom. The molecule has 2 aromatic rings. The van der Waals surface area contributed by atoms with E-state index in [0.717, 1.165) is 6.42 Å². The van der Waals surface area contributed by atoms with Crippen molar-refractivity contribution in [2.75, 3.05) is 13.7 Å². The second-order valence-corrected chi connectivity index (χ2v) is 8.35. The highest BCUT2D eigenvalue weighted by atomic mass is 35.5. The fraction of sp³-hybridized carbons (Fsp3) is 0.500. The van der Waals surface area contributed by atoms with E-state index >= 15 is 0 Å². The van der Waals surface area contributed by atoms with Gasteiger partial charge in [0.25, 0.3) is 0 Å². The minimum atomic E-state index is -4.50. The molecule has 1 aromatic carbocycles. The molecule has 1 aromatic heterocycles. The maximum atomic E-state index is 12.3. The first-order valence-corrected chi connectivity index (χ1v) is 11.5. The van der Waals surface area contributed by atoms with Crippen LogP contribution in [0, 0.1) is 5.92 Å². The molecule has 1 fully saturated rings. The number of rotatable bonds is 7. The summed E-state index contributed by atoms with van der Waals surface area (Å²) in [5.74, 6) is 0.0541. The summed E-state index contributed by atoms with van der Waals surface area (Å²) in [6.45, 7) is 2.02. The second-order valence-electron chi connectivity index (χ2n) is 7.91. The van der Waals surface area contributed by atoms with Crippen LogP contribution in [0.5, 0.6) is 5.88 Å². The van der Waals surface area contributed by atoms with Gasteiger partial charge in [-0.2, -0.15) is 13.2 Å². The van der Waals surface area contributed by atoms with Gasteiger partial charge in [0.15, 0.2) is 12.4 Å². The Bertz CT molecular complexity index is 964. The van der Waals surface area contributed by atoms with Crippen molar-refractivity contribution in [1.82, 2.24) is 10.2 Å². The molecule has 186 valence electrons. The van der Waals surface area contributed by atoms with Crippen LogP contribution in [0.15, 0.2) is 35.5 Å². The van der Waals surface area contributed by atoms with Crippen molar-refractivity contribution in [3.8, 4) is 17.0 Å². The number of ketones is 1. The van der Waals surface area contributed by atoms with Gasteiger partial charge >= 0.3 is 6.18 Å². The molecule has 3 rings (SSSR count). The Morgan fingerprint density at radius 3 is 2.50 bits per heavy atom. The van der Waals surface area contributed by atoms with Gasteiger partial charge in [0, 0.05) is 23.4 Å². The summed E-state index contributed by atoms with van der Waals surface area (Å²) in [7, 11) is 1.64. The third-order valence-electron chi connectivity index (χ3n) is 5.20. The highest BCUT2D eigenvalue weighted by Gasteiger charge is 2.29. The molecule has 1 atom stereocenters. The summed E-state index contributed by atoms with van der Waals surface area (Å²) in [5, 5.41) is 11.7. The summed E-state index contributed by atoms with van der Waals surface area (Å²) in [5.41, 5.74) is 2.08. The van der Waals surface area contributed by atoms with Crippen LogP contribution in [0.2, 0.25) is 5.02 Å². The van der Waals surface area contributed by atoms with E-state index in [1.165, 1.54) is 50.8 Å². The number of ether oxygens (including phenoxy) is 1. The number of benzene rings is 1. The van der Waals surface area contributed by atoms with Crippen LogP contribution in [-0.4, -0.2) is 41.6 Å². The number of carbonyl (C=O) groups is 1. The zero-order valence-electron chi connectivity index (χ0n) is 19.5. The van der Waals surface area contributed by atoms with Crippen molar-refractivity contribution in [2.45, 2.75) is 58.5 Å². The smallest absolute Gasteiger partial charge is 0.422 e. The van der Waals surface area contributed by atoms with Crippen LogP contribution in [0.25, 0.3) is 11.1 Å². The van der Waals surface area contributed by atoms with Gasteiger partial charge in [-0.25, -0.2) is 0 Å². The molecule has 0 amide bonds. The van der Waals surface area contributed by atoms with E-state index in [1.807, 2.05) is 0 Å². The van der Waals surface area contributed by atoms with Crippen LogP contribution in [0.3, 0.4) is 0 Å². The fourth-order valence-electron chi connectivity index (χ4n) is 3.61. The monoisotopic (exact) mass is 499 g/mol. The minimum Gasteiger partial charge on any atom is -0.467 e. The topological polar surface area (TPSA) is 73.7 Å². The molecule has 34 heavy (non-hydrogen) atoms. The number of Topliss-reactive ketones (excluding diaryl/α,β-unsaturated/α-hetero) is 1. The quantitative estimate of drug-likeness (QED) is 0.305.